The van der Waals surface area contributed by atoms with Gasteiger partial charge in [0, 0.05) is 33.9 Å². The lowest BCUT2D eigenvalue weighted by Crippen LogP contribution is -2.08. The van der Waals surface area contributed by atoms with Gasteiger partial charge in [0.05, 0.1) is 7.11 Å². The average Bonchev–Trinajstić information content (AvgIpc) is 2.28. The fourth-order valence-corrected chi connectivity index (χ4v) is 2.22. The molecular weight excluding hydrogens is 222 g/mol. The Hall–Kier alpha value is -0.870. The van der Waals surface area contributed by atoms with E-state index in [4.69, 9.17) is 10.5 Å². The highest BCUT2D eigenvalue weighted by Gasteiger charge is 2.08. The number of methoxy groups -OCH3 is 1. The Morgan fingerprint density at radius 3 is 2.62 bits per heavy atom. The lowest BCUT2D eigenvalue weighted by atomic mass is 10.1. The Kier molecular flexibility index (Phi) is 4.96. The smallest absolute Gasteiger partial charge is 0.123 e. The second-order valence-corrected chi connectivity index (χ2v) is 5.92. The van der Waals surface area contributed by atoms with Crippen molar-refractivity contribution in [3.05, 3.63) is 29.3 Å². The van der Waals surface area contributed by atoms with Crippen LogP contribution in [0.1, 0.15) is 25.0 Å². The van der Waals surface area contributed by atoms with Gasteiger partial charge < -0.3 is 10.5 Å². The van der Waals surface area contributed by atoms with Crippen LogP contribution in [-0.4, -0.2) is 16.6 Å². The Labute approximate surface area is 99.4 Å². The van der Waals surface area contributed by atoms with Gasteiger partial charge >= 0.3 is 0 Å². The second-order valence-electron chi connectivity index (χ2n) is 3.92. The molecule has 4 heteroatoms. The van der Waals surface area contributed by atoms with E-state index >= 15 is 0 Å². The van der Waals surface area contributed by atoms with Crippen LogP contribution in [0.5, 0.6) is 5.75 Å². The molecular formula is C12H19NO2S. The molecule has 16 heavy (non-hydrogen) atoms. The lowest BCUT2D eigenvalue weighted by molar-refractivity contribution is 0.409. The van der Waals surface area contributed by atoms with Crippen molar-refractivity contribution < 1.29 is 8.95 Å². The summed E-state index contributed by atoms with van der Waals surface area (Å²) in [7, 11) is 0.794. The van der Waals surface area contributed by atoms with Gasteiger partial charge in [-0.25, -0.2) is 0 Å². The molecule has 0 aliphatic heterocycles. The fourth-order valence-electron chi connectivity index (χ4n) is 1.38. The molecule has 0 spiro atoms. The highest BCUT2D eigenvalue weighted by Crippen LogP contribution is 2.21. The van der Waals surface area contributed by atoms with Crippen molar-refractivity contribution in [2.24, 2.45) is 5.73 Å². The van der Waals surface area contributed by atoms with Gasteiger partial charge in [-0.3, -0.25) is 4.21 Å². The van der Waals surface area contributed by atoms with Crippen LogP contribution in [0.3, 0.4) is 0 Å². The van der Waals surface area contributed by atoms with Crippen molar-refractivity contribution in [2.75, 3.05) is 7.11 Å². The molecule has 0 aliphatic rings. The van der Waals surface area contributed by atoms with E-state index in [1.807, 2.05) is 32.0 Å². The highest BCUT2D eigenvalue weighted by molar-refractivity contribution is 7.84. The first kappa shape index (κ1) is 13.2. The van der Waals surface area contributed by atoms with Gasteiger partial charge in [0.25, 0.3) is 0 Å². The zero-order valence-electron chi connectivity index (χ0n) is 10.0. The first-order chi connectivity index (χ1) is 7.58. The molecule has 1 aromatic carbocycles. The molecule has 3 nitrogen and oxygen atoms in total. The molecule has 1 atom stereocenters. The summed E-state index contributed by atoms with van der Waals surface area (Å²) >= 11 is 0. The third-order valence-corrected chi connectivity index (χ3v) is 4.08. The molecule has 0 fully saturated rings. The maximum Gasteiger partial charge on any atom is 0.123 e. The van der Waals surface area contributed by atoms with Crippen molar-refractivity contribution in [3.8, 4) is 5.75 Å². The van der Waals surface area contributed by atoms with E-state index in [1.54, 1.807) is 7.11 Å². The van der Waals surface area contributed by atoms with E-state index < -0.39 is 10.8 Å². The van der Waals surface area contributed by atoms with Crippen molar-refractivity contribution in [1.29, 1.82) is 0 Å². The summed E-state index contributed by atoms with van der Waals surface area (Å²) in [4.78, 5) is 0. The highest BCUT2D eigenvalue weighted by atomic mass is 32.2. The largest absolute Gasteiger partial charge is 0.496 e. The van der Waals surface area contributed by atoms with E-state index in [-0.39, 0.29) is 5.25 Å². The third-order valence-electron chi connectivity index (χ3n) is 2.41. The first-order valence-corrected chi connectivity index (χ1v) is 6.69. The Morgan fingerprint density at radius 2 is 2.12 bits per heavy atom. The summed E-state index contributed by atoms with van der Waals surface area (Å²) in [6, 6.07) is 5.82. The van der Waals surface area contributed by atoms with Crippen molar-refractivity contribution >= 4 is 10.8 Å². The summed E-state index contributed by atoms with van der Waals surface area (Å²) in [5.41, 5.74) is 7.59. The van der Waals surface area contributed by atoms with Gasteiger partial charge in [-0.2, -0.15) is 0 Å². The molecule has 0 saturated carbocycles. The minimum absolute atomic E-state index is 0.181. The molecule has 0 radical (unpaired) electrons. The standard InChI is InChI=1S/C12H19NO2S/c1-9(2)16(14)8-10-4-5-11(7-13)12(6-10)15-3/h4-6,9H,7-8,13H2,1-3H3. The second kappa shape index (κ2) is 6.01. The zero-order chi connectivity index (χ0) is 12.1. The predicted octanol–water partition coefficient (Wildman–Crippen LogP) is 1.81. The van der Waals surface area contributed by atoms with Crippen LogP contribution in [0.4, 0.5) is 0 Å². The minimum Gasteiger partial charge on any atom is -0.496 e. The number of rotatable bonds is 5. The van der Waals surface area contributed by atoms with Crippen LogP contribution in [-0.2, 0) is 23.1 Å². The maximum atomic E-state index is 11.7. The molecule has 90 valence electrons. The predicted molar refractivity (Wildman–Crippen MR) is 67.9 cm³/mol. The van der Waals surface area contributed by atoms with Crippen LogP contribution in [0.15, 0.2) is 18.2 Å². The van der Waals surface area contributed by atoms with E-state index in [9.17, 15) is 4.21 Å². The Balaban J connectivity index is 2.87. The van der Waals surface area contributed by atoms with Crippen LogP contribution in [0.2, 0.25) is 0 Å². The van der Waals surface area contributed by atoms with E-state index in [0.717, 1.165) is 16.9 Å². The molecule has 1 unspecified atom stereocenters. The van der Waals surface area contributed by atoms with Gasteiger partial charge in [0.1, 0.15) is 5.75 Å². The summed E-state index contributed by atoms with van der Waals surface area (Å²) < 4.78 is 17.0. The topological polar surface area (TPSA) is 52.3 Å². The first-order valence-electron chi connectivity index (χ1n) is 5.31. The van der Waals surface area contributed by atoms with Gasteiger partial charge in [-0.05, 0) is 11.6 Å². The molecule has 0 saturated heterocycles. The number of hydrogen-bond donors (Lipinski definition) is 1. The minimum atomic E-state index is -0.828. The molecule has 0 bridgehead atoms. The fraction of sp³-hybridized carbons (Fsp3) is 0.500. The molecule has 1 rings (SSSR count). The molecule has 0 amide bonds. The van der Waals surface area contributed by atoms with Crippen LogP contribution < -0.4 is 10.5 Å². The normalized spacial score (nSPS) is 12.8. The number of nitrogens with two attached hydrogens (primary N) is 1. The lowest BCUT2D eigenvalue weighted by Gasteiger charge is -2.10. The van der Waals surface area contributed by atoms with Gasteiger partial charge in [-0.1, -0.05) is 26.0 Å². The summed E-state index contributed by atoms with van der Waals surface area (Å²) in [6.45, 7) is 4.37. The summed E-state index contributed by atoms with van der Waals surface area (Å²) in [5.74, 6) is 1.35. The molecule has 1 aromatic rings. The molecule has 0 heterocycles. The van der Waals surface area contributed by atoms with Crippen LogP contribution in [0, 0.1) is 0 Å². The average molecular weight is 241 g/mol. The Bertz CT molecular complexity index is 377. The van der Waals surface area contributed by atoms with Gasteiger partial charge in [-0.15, -0.1) is 0 Å². The molecule has 2 N–H and O–H groups in total. The number of benzene rings is 1. The van der Waals surface area contributed by atoms with Crippen LogP contribution >= 0.6 is 0 Å². The zero-order valence-corrected chi connectivity index (χ0v) is 10.8. The van der Waals surface area contributed by atoms with Crippen molar-refractivity contribution in [3.63, 3.8) is 0 Å². The number of ether oxygens (including phenoxy) is 1. The van der Waals surface area contributed by atoms with Gasteiger partial charge in [0.2, 0.25) is 0 Å². The van der Waals surface area contributed by atoms with Crippen molar-refractivity contribution in [2.45, 2.75) is 31.4 Å². The third kappa shape index (κ3) is 3.32. The van der Waals surface area contributed by atoms with Crippen LogP contribution in [0.25, 0.3) is 0 Å². The maximum absolute atomic E-state index is 11.7. The van der Waals surface area contributed by atoms with E-state index in [1.165, 1.54) is 0 Å². The summed E-state index contributed by atoms with van der Waals surface area (Å²) in [5, 5.41) is 0.181. The van der Waals surface area contributed by atoms with Crippen molar-refractivity contribution in [1.82, 2.24) is 0 Å². The number of hydrogen-bond acceptors (Lipinski definition) is 3. The SMILES string of the molecule is COc1cc(CS(=O)C(C)C)ccc1CN. The molecule has 0 aromatic heterocycles. The van der Waals surface area contributed by atoms with E-state index in [2.05, 4.69) is 0 Å². The molecule has 0 aliphatic carbocycles. The quantitative estimate of drug-likeness (QED) is 0.855. The Morgan fingerprint density at radius 1 is 1.44 bits per heavy atom. The van der Waals surface area contributed by atoms with E-state index in [0.29, 0.717) is 12.3 Å². The monoisotopic (exact) mass is 241 g/mol. The van der Waals surface area contributed by atoms with Gasteiger partial charge in [0.15, 0.2) is 0 Å². The summed E-state index contributed by atoms with van der Waals surface area (Å²) in [6.07, 6.45) is 0.